The largest absolute Gasteiger partial charge is 0.322 e. The molecule has 2 nitrogen and oxygen atoms in total. The van der Waals surface area contributed by atoms with Gasteiger partial charge in [-0.15, -0.1) is 0 Å². The van der Waals surface area contributed by atoms with Gasteiger partial charge in [-0.2, -0.15) is 0 Å². The standard InChI is InChI=1S/C11H11NO/c1-7-3-5-10-9(8(7)2)4-6-11(13)12-10/h3-6H,1-2H3,(H,12,13). The van der Waals surface area contributed by atoms with Crippen LogP contribution < -0.4 is 5.56 Å². The molecule has 0 radical (unpaired) electrons. The highest BCUT2D eigenvalue weighted by Crippen LogP contribution is 2.17. The van der Waals surface area contributed by atoms with E-state index in [1.807, 2.05) is 18.2 Å². The monoisotopic (exact) mass is 173 g/mol. The predicted octanol–water partition coefficient (Wildman–Crippen LogP) is 2.14. The maximum absolute atomic E-state index is 11.0. The summed E-state index contributed by atoms with van der Waals surface area (Å²) in [7, 11) is 0. The van der Waals surface area contributed by atoms with E-state index in [-0.39, 0.29) is 5.56 Å². The van der Waals surface area contributed by atoms with Crippen LogP contribution in [0.2, 0.25) is 0 Å². The Kier molecular flexibility index (Phi) is 1.69. The van der Waals surface area contributed by atoms with Gasteiger partial charge >= 0.3 is 0 Å². The Morgan fingerprint density at radius 3 is 2.62 bits per heavy atom. The van der Waals surface area contributed by atoms with Crippen molar-refractivity contribution in [1.82, 2.24) is 4.98 Å². The summed E-state index contributed by atoms with van der Waals surface area (Å²) in [6.45, 7) is 4.13. The maximum Gasteiger partial charge on any atom is 0.248 e. The number of H-pyrrole nitrogens is 1. The molecule has 1 aromatic carbocycles. The van der Waals surface area contributed by atoms with Gasteiger partial charge in [0, 0.05) is 17.0 Å². The number of aryl methyl sites for hydroxylation is 2. The van der Waals surface area contributed by atoms with Crippen LogP contribution in [-0.4, -0.2) is 4.98 Å². The molecule has 0 fully saturated rings. The van der Waals surface area contributed by atoms with Crippen molar-refractivity contribution >= 4 is 10.9 Å². The lowest BCUT2D eigenvalue weighted by Gasteiger charge is -2.03. The van der Waals surface area contributed by atoms with Gasteiger partial charge in [0.05, 0.1) is 0 Å². The van der Waals surface area contributed by atoms with Crippen molar-refractivity contribution in [3.05, 3.63) is 45.7 Å². The first-order valence-electron chi connectivity index (χ1n) is 4.28. The van der Waals surface area contributed by atoms with Crippen LogP contribution >= 0.6 is 0 Å². The third-order valence-electron chi connectivity index (χ3n) is 2.44. The Hall–Kier alpha value is -1.57. The van der Waals surface area contributed by atoms with Crippen molar-refractivity contribution in [2.45, 2.75) is 13.8 Å². The van der Waals surface area contributed by atoms with Gasteiger partial charge in [0.2, 0.25) is 5.56 Å². The number of hydrogen-bond acceptors (Lipinski definition) is 1. The van der Waals surface area contributed by atoms with Gasteiger partial charge in [-0.1, -0.05) is 6.07 Å². The summed E-state index contributed by atoms with van der Waals surface area (Å²) in [5.74, 6) is 0. The molecule has 13 heavy (non-hydrogen) atoms. The minimum Gasteiger partial charge on any atom is -0.322 e. The maximum atomic E-state index is 11.0. The van der Waals surface area contributed by atoms with Crippen LogP contribution in [0.5, 0.6) is 0 Å². The van der Waals surface area contributed by atoms with Crippen LogP contribution in [0.25, 0.3) is 10.9 Å². The topological polar surface area (TPSA) is 32.9 Å². The Bertz CT molecular complexity index is 511. The number of aromatic amines is 1. The lowest BCUT2D eigenvalue weighted by molar-refractivity contribution is 1.28. The lowest BCUT2D eigenvalue weighted by atomic mass is 10.0. The van der Waals surface area contributed by atoms with Crippen molar-refractivity contribution in [2.75, 3.05) is 0 Å². The second-order valence-electron chi connectivity index (χ2n) is 3.29. The van der Waals surface area contributed by atoms with E-state index in [1.165, 1.54) is 11.1 Å². The van der Waals surface area contributed by atoms with Crippen LogP contribution in [-0.2, 0) is 0 Å². The molecule has 0 aliphatic heterocycles. The Balaban J connectivity index is 2.95. The van der Waals surface area contributed by atoms with Crippen molar-refractivity contribution in [3.63, 3.8) is 0 Å². The zero-order chi connectivity index (χ0) is 9.42. The fourth-order valence-corrected chi connectivity index (χ4v) is 1.49. The molecule has 0 saturated carbocycles. The van der Waals surface area contributed by atoms with E-state index in [2.05, 4.69) is 18.8 Å². The van der Waals surface area contributed by atoms with Gasteiger partial charge in [0.1, 0.15) is 0 Å². The fourth-order valence-electron chi connectivity index (χ4n) is 1.49. The summed E-state index contributed by atoms with van der Waals surface area (Å²) in [5.41, 5.74) is 3.35. The van der Waals surface area contributed by atoms with Crippen LogP contribution in [0.15, 0.2) is 29.1 Å². The number of benzene rings is 1. The first-order chi connectivity index (χ1) is 6.18. The molecule has 1 aromatic heterocycles. The molecule has 0 amide bonds. The molecule has 2 rings (SSSR count). The van der Waals surface area contributed by atoms with Crippen molar-refractivity contribution < 1.29 is 0 Å². The molecule has 0 aliphatic carbocycles. The third-order valence-corrected chi connectivity index (χ3v) is 2.44. The van der Waals surface area contributed by atoms with Crippen molar-refractivity contribution in [3.8, 4) is 0 Å². The molecule has 0 aliphatic rings. The van der Waals surface area contributed by atoms with Crippen LogP contribution in [0, 0.1) is 13.8 Å². The van der Waals surface area contributed by atoms with E-state index in [9.17, 15) is 4.79 Å². The van der Waals surface area contributed by atoms with Crippen LogP contribution in [0.3, 0.4) is 0 Å². The number of hydrogen-bond donors (Lipinski definition) is 1. The molecule has 1 N–H and O–H groups in total. The normalized spacial score (nSPS) is 10.6. The summed E-state index contributed by atoms with van der Waals surface area (Å²) in [6.07, 6.45) is 0. The highest BCUT2D eigenvalue weighted by molar-refractivity contribution is 5.82. The van der Waals surface area contributed by atoms with E-state index >= 15 is 0 Å². The quantitative estimate of drug-likeness (QED) is 0.650. The average molecular weight is 173 g/mol. The second kappa shape index (κ2) is 2.73. The molecule has 0 atom stereocenters. The second-order valence-corrected chi connectivity index (χ2v) is 3.29. The minimum atomic E-state index is -0.0456. The van der Waals surface area contributed by atoms with Crippen LogP contribution in [0.4, 0.5) is 0 Å². The first-order valence-corrected chi connectivity index (χ1v) is 4.28. The molecule has 0 bridgehead atoms. The van der Waals surface area contributed by atoms with Gasteiger partial charge in [0.25, 0.3) is 0 Å². The van der Waals surface area contributed by atoms with E-state index in [1.54, 1.807) is 6.07 Å². The third kappa shape index (κ3) is 1.24. The molecule has 2 aromatic rings. The summed E-state index contributed by atoms with van der Waals surface area (Å²) in [6, 6.07) is 7.40. The van der Waals surface area contributed by atoms with Gasteiger partial charge in [-0.3, -0.25) is 4.79 Å². The molecule has 0 unspecified atom stereocenters. The summed E-state index contributed by atoms with van der Waals surface area (Å²) >= 11 is 0. The minimum absolute atomic E-state index is 0.0456. The SMILES string of the molecule is Cc1ccc2[nH]c(=O)ccc2c1C. The molecule has 1 heterocycles. The molecular weight excluding hydrogens is 162 g/mol. The molecule has 0 saturated heterocycles. The summed E-state index contributed by atoms with van der Waals surface area (Å²) in [5, 5.41) is 1.12. The molecule has 2 heteroatoms. The Morgan fingerprint density at radius 1 is 1.08 bits per heavy atom. The van der Waals surface area contributed by atoms with Crippen molar-refractivity contribution in [2.24, 2.45) is 0 Å². The number of nitrogens with one attached hydrogen (secondary N) is 1. The van der Waals surface area contributed by atoms with Gasteiger partial charge < -0.3 is 4.98 Å². The van der Waals surface area contributed by atoms with E-state index in [0.29, 0.717) is 0 Å². The highest BCUT2D eigenvalue weighted by Gasteiger charge is 1.99. The van der Waals surface area contributed by atoms with E-state index in [0.717, 1.165) is 10.9 Å². The van der Waals surface area contributed by atoms with Gasteiger partial charge in [-0.05, 0) is 37.1 Å². The smallest absolute Gasteiger partial charge is 0.248 e. The Labute approximate surface area is 76.2 Å². The van der Waals surface area contributed by atoms with Gasteiger partial charge in [0.15, 0.2) is 0 Å². The predicted molar refractivity (Wildman–Crippen MR) is 54.0 cm³/mol. The fraction of sp³-hybridized carbons (Fsp3) is 0.182. The average Bonchev–Trinajstić information content (AvgIpc) is 2.12. The molecular formula is C11H11NO. The van der Waals surface area contributed by atoms with Crippen LogP contribution in [0.1, 0.15) is 11.1 Å². The molecule has 0 spiro atoms. The lowest BCUT2D eigenvalue weighted by Crippen LogP contribution is -2.02. The van der Waals surface area contributed by atoms with Crippen molar-refractivity contribution in [1.29, 1.82) is 0 Å². The zero-order valence-electron chi connectivity index (χ0n) is 7.72. The van der Waals surface area contributed by atoms with E-state index in [4.69, 9.17) is 0 Å². The summed E-state index contributed by atoms with van der Waals surface area (Å²) < 4.78 is 0. The number of rotatable bonds is 0. The van der Waals surface area contributed by atoms with Gasteiger partial charge in [-0.25, -0.2) is 0 Å². The first kappa shape index (κ1) is 8.05. The molecule has 66 valence electrons. The highest BCUT2D eigenvalue weighted by atomic mass is 16.1. The van der Waals surface area contributed by atoms with E-state index < -0.39 is 0 Å². The number of aromatic nitrogens is 1. The number of fused-ring (bicyclic) bond motifs is 1. The Morgan fingerprint density at radius 2 is 1.85 bits per heavy atom. The zero-order valence-corrected chi connectivity index (χ0v) is 7.72. The summed E-state index contributed by atoms with van der Waals surface area (Å²) in [4.78, 5) is 13.8. The number of pyridine rings is 1.